The van der Waals surface area contributed by atoms with Crippen molar-refractivity contribution in [3.05, 3.63) is 23.8 Å². The van der Waals surface area contributed by atoms with Gasteiger partial charge in [0.15, 0.2) is 0 Å². The van der Waals surface area contributed by atoms with E-state index in [-0.39, 0.29) is 0 Å². The molecule has 0 aliphatic carbocycles. The first-order valence-electron chi connectivity index (χ1n) is 4.81. The molecule has 110 valence electrons. The van der Waals surface area contributed by atoms with E-state index in [1.54, 1.807) is 0 Å². The summed E-state index contributed by atoms with van der Waals surface area (Å²) < 4.78 is 64.2. The number of carbonyl (C=O) groups excluding carboxylic acids is 1. The van der Waals surface area contributed by atoms with Crippen molar-refractivity contribution in [2.45, 2.75) is 12.8 Å². The van der Waals surface area contributed by atoms with Crippen LogP contribution in [-0.4, -0.2) is 29.8 Å². The number of ether oxygens (including phenoxy) is 1. The minimum atomic E-state index is -5.23. The molecule has 2 N–H and O–H groups in total. The number of hydrogen-bond acceptors (Lipinski definition) is 3. The SMILES string of the molecule is O=C(O)c1ccc(NC(=O)C(F)(F)F)c(OC(F)F)c1. The van der Waals surface area contributed by atoms with Gasteiger partial charge in [-0.15, -0.1) is 0 Å². The first kappa shape index (κ1) is 15.7. The Bertz CT molecular complexity index is 529. The summed E-state index contributed by atoms with van der Waals surface area (Å²) in [5, 5.41) is 9.94. The predicted molar refractivity (Wildman–Crippen MR) is 54.7 cm³/mol. The second-order valence-electron chi connectivity index (χ2n) is 3.35. The molecule has 1 aromatic rings. The minimum Gasteiger partial charge on any atom is -0.478 e. The number of amides is 1. The summed E-state index contributed by atoms with van der Waals surface area (Å²) in [5.74, 6) is -4.80. The minimum absolute atomic E-state index is 0.495. The number of hydrogen-bond donors (Lipinski definition) is 2. The molecule has 0 saturated heterocycles. The first-order valence-corrected chi connectivity index (χ1v) is 4.81. The molecule has 1 aromatic carbocycles. The number of aromatic carboxylic acids is 1. The summed E-state index contributed by atoms with van der Waals surface area (Å²) in [6, 6.07) is 2.11. The molecule has 0 heterocycles. The monoisotopic (exact) mass is 299 g/mol. The molecule has 1 rings (SSSR count). The van der Waals surface area contributed by atoms with Crippen LogP contribution >= 0.6 is 0 Å². The second kappa shape index (κ2) is 5.72. The van der Waals surface area contributed by atoms with Gasteiger partial charge < -0.3 is 15.2 Å². The van der Waals surface area contributed by atoms with E-state index in [2.05, 4.69) is 4.74 Å². The van der Waals surface area contributed by atoms with Crippen LogP contribution in [0.5, 0.6) is 5.75 Å². The number of nitrogens with one attached hydrogen (secondary N) is 1. The first-order chi connectivity index (χ1) is 9.11. The lowest BCUT2D eigenvalue weighted by atomic mass is 10.2. The van der Waals surface area contributed by atoms with Gasteiger partial charge in [0.1, 0.15) is 5.75 Å². The van der Waals surface area contributed by atoms with E-state index >= 15 is 0 Å². The highest BCUT2D eigenvalue weighted by Crippen LogP contribution is 2.29. The number of rotatable bonds is 4. The standard InChI is InChI=1S/C10H6F5NO4/c11-9(12)20-6-3-4(7(17)18)1-2-5(6)16-8(19)10(13,14)15/h1-3,9H,(H,16,19)(H,17,18). The van der Waals surface area contributed by atoms with Gasteiger partial charge >= 0.3 is 24.7 Å². The van der Waals surface area contributed by atoms with Crippen molar-refractivity contribution in [2.24, 2.45) is 0 Å². The smallest absolute Gasteiger partial charge is 0.471 e. The van der Waals surface area contributed by atoms with Crippen LogP contribution in [0, 0.1) is 0 Å². The number of alkyl halides is 5. The second-order valence-corrected chi connectivity index (χ2v) is 3.35. The lowest BCUT2D eigenvalue weighted by Crippen LogP contribution is -2.30. The van der Waals surface area contributed by atoms with E-state index in [0.29, 0.717) is 12.1 Å². The number of halogens is 5. The Balaban J connectivity index is 3.11. The average Bonchev–Trinajstić information content (AvgIpc) is 2.28. The molecule has 0 aromatic heterocycles. The maximum absolute atomic E-state index is 12.1. The Morgan fingerprint density at radius 1 is 1.25 bits per heavy atom. The molecule has 0 bridgehead atoms. The van der Waals surface area contributed by atoms with Gasteiger partial charge in [-0.2, -0.15) is 22.0 Å². The summed E-state index contributed by atoms with van der Waals surface area (Å²) in [6.45, 7) is -3.40. The van der Waals surface area contributed by atoms with Crippen LogP contribution < -0.4 is 10.1 Å². The van der Waals surface area contributed by atoms with Crippen molar-refractivity contribution in [3.63, 3.8) is 0 Å². The molecule has 0 fully saturated rings. The van der Waals surface area contributed by atoms with Crippen molar-refractivity contribution in [1.82, 2.24) is 0 Å². The fourth-order valence-corrected chi connectivity index (χ4v) is 1.15. The van der Waals surface area contributed by atoms with Crippen molar-refractivity contribution in [1.29, 1.82) is 0 Å². The fraction of sp³-hybridized carbons (Fsp3) is 0.200. The Kier molecular flexibility index (Phi) is 4.48. The maximum Gasteiger partial charge on any atom is 0.471 e. The van der Waals surface area contributed by atoms with Gasteiger partial charge in [-0.1, -0.05) is 0 Å². The number of anilines is 1. The third-order valence-electron chi connectivity index (χ3n) is 1.95. The van der Waals surface area contributed by atoms with Crippen LogP contribution in [0.2, 0.25) is 0 Å². The number of benzene rings is 1. The topological polar surface area (TPSA) is 75.6 Å². The molecule has 10 heteroatoms. The number of carboxylic acid groups (broad SMARTS) is 1. The molecule has 0 aliphatic rings. The summed E-state index contributed by atoms with van der Waals surface area (Å²) >= 11 is 0. The summed E-state index contributed by atoms with van der Waals surface area (Å²) in [4.78, 5) is 21.3. The third-order valence-corrected chi connectivity index (χ3v) is 1.95. The zero-order valence-electron chi connectivity index (χ0n) is 9.37. The molecule has 0 radical (unpaired) electrons. The van der Waals surface area contributed by atoms with Crippen LogP contribution in [-0.2, 0) is 4.79 Å². The summed E-state index contributed by atoms with van der Waals surface area (Å²) in [5.41, 5.74) is -1.22. The average molecular weight is 299 g/mol. The zero-order valence-corrected chi connectivity index (χ0v) is 9.37. The molecular weight excluding hydrogens is 293 g/mol. The summed E-state index contributed by atoms with van der Waals surface area (Å²) in [7, 11) is 0. The van der Waals surface area contributed by atoms with Crippen LogP contribution in [0.15, 0.2) is 18.2 Å². The van der Waals surface area contributed by atoms with Crippen molar-refractivity contribution < 1.29 is 41.4 Å². The van der Waals surface area contributed by atoms with Crippen molar-refractivity contribution >= 4 is 17.6 Å². The van der Waals surface area contributed by atoms with Gasteiger partial charge in [-0.3, -0.25) is 4.79 Å². The lowest BCUT2D eigenvalue weighted by Gasteiger charge is -2.13. The molecule has 1 amide bonds. The Hall–Kier alpha value is -2.39. The van der Waals surface area contributed by atoms with E-state index in [1.165, 1.54) is 5.32 Å². The third kappa shape index (κ3) is 4.07. The molecule has 0 aliphatic heterocycles. The van der Waals surface area contributed by atoms with E-state index in [4.69, 9.17) is 5.11 Å². The van der Waals surface area contributed by atoms with Gasteiger partial charge in [-0.25, -0.2) is 4.79 Å². The van der Waals surface area contributed by atoms with Crippen LogP contribution in [0.1, 0.15) is 10.4 Å². The van der Waals surface area contributed by atoms with Crippen molar-refractivity contribution in [2.75, 3.05) is 5.32 Å². The normalized spacial score (nSPS) is 11.3. The van der Waals surface area contributed by atoms with E-state index in [1.807, 2.05) is 0 Å². The molecule has 0 saturated carbocycles. The highest BCUT2D eigenvalue weighted by atomic mass is 19.4. The van der Waals surface area contributed by atoms with Crippen molar-refractivity contribution in [3.8, 4) is 5.75 Å². The number of carboxylic acids is 1. The van der Waals surface area contributed by atoms with Crippen LogP contribution in [0.25, 0.3) is 0 Å². The Labute approximate surface area is 107 Å². The largest absolute Gasteiger partial charge is 0.478 e. The maximum atomic E-state index is 12.1. The molecule has 5 nitrogen and oxygen atoms in total. The van der Waals surface area contributed by atoms with Crippen LogP contribution in [0.4, 0.5) is 27.6 Å². The molecule has 0 spiro atoms. The Morgan fingerprint density at radius 3 is 2.30 bits per heavy atom. The lowest BCUT2D eigenvalue weighted by molar-refractivity contribution is -0.167. The van der Waals surface area contributed by atoms with E-state index in [0.717, 1.165) is 6.07 Å². The predicted octanol–water partition coefficient (Wildman–Crippen LogP) is 2.49. The van der Waals surface area contributed by atoms with Gasteiger partial charge in [0.25, 0.3) is 0 Å². The molecule has 0 atom stereocenters. The van der Waals surface area contributed by atoms with Gasteiger partial charge in [0.2, 0.25) is 0 Å². The summed E-state index contributed by atoms with van der Waals surface area (Å²) in [6.07, 6.45) is -5.23. The molecule has 0 unspecified atom stereocenters. The molecule has 20 heavy (non-hydrogen) atoms. The van der Waals surface area contributed by atoms with Crippen LogP contribution in [0.3, 0.4) is 0 Å². The number of carbonyl (C=O) groups is 2. The highest BCUT2D eigenvalue weighted by molar-refractivity contribution is 5.97. The Morgan fingerprint density at radius 2 is 1.85 bits per heavy atom. The van der Waals surface area contributed by atoms with Gasteiger partial charge in [-0.05, 0) is 18.2 Å². The zero-order chi connectivity index (χ0) is 15.5. The van der Waals surface area contributed by atoms with E-state index < -0.39 is 41.7 Å². The highest BCUT2D eigenvalue weighted by Gasteiger charge is 2.39. The van der Waals surface area contributed by atoms with Gasteiger partial charge in [0.05, 0.1) is 11.3 Å². The fourth-order valence-electron chi connectivity index (χ4n) is 1.15. The molecular formula is C10H6F5NO4. The van der Waals surface area contributed by atoms with Gasteiger partial charge in [0, 0.05) is 0 Å². The quantitative estimate of drug-likeness (QED) is 0.838. The van der Waals surface area contributed by atoms with E-state index in [9.17, 15) is 31.5 Å².